The van der Waals surface area contributed by atoms with Crippen LogP contribution in [0.25, 0.3) is 0 Å². The highest BCUT2D eigenvalue weighted by molar-refractivity contribution is 5.73. The molecule has 19 heavy (non-hydrogen) atoms. The molecule has 3 N–H and O–H groups in total. The van der Waals surface area contributed by atoms with E-state index >= 15 is 0 Å². The fourth-order valence-corrected chi connectivity index (χ4v) is 1.38. The van der Waals surface area contributed by atoms with E-state index < -0.39 is 4.92 Å². The molecule has 0 spiro atoms. The molecule has 0 aliphatic rings. The number of amides is 2. The number of rotatable bonds is 7. The summed E-state index contributed by atoms with van der Waals surface area (Å²) < 4.78 is 0. The zero-order valence-corrected chi connectivity index (χ0v) is 10.8. The molecule has 2 amide bonds. The van der Waals surface area contributed by atoms with Gasteiger partial charge in [0.25, 0.3) is 5.69 Å². The SMILES string of the molecule is CCCNC(=O)NCCNc1ccc([N+](=O)[O-])cc1. The Balaban J connectivity index is 2.22. The number of carbonyl (C=O) groups is 1. The lowest BCUT2D eigenvalue weighted by Gasteiger charge is -2.08. The maximum Gasteiger partial charge on any atom is 0.314 e. The summed E-state index contributed by atoms with van der Waals surface area (Å²) in [5, 5.41) is 18.9. The van der Waals surface area contributed by atoms with Crippen LogP contribution in [0.4, 0.5) is 16.2 Å². The number of non-ortho nitro benzene ring substituents is 1. The summed E-state index contributed by atoms with van der Waals surface area (Å²) in [6.45, 7) is 3.67. The Hall–Kier alpha value is -2.31. The van der Waals surface area contributed by atoms with Crippen molar-refractivity contribution < 1.29 is 9.72 Å². The lowest BCUT2D eigenvalue weighted by atomic mass is 10.3. The molecule has 0 heterocycles. The van der Waals surface area contributed by atoms with Crippen molar-refractivity contribution in [3.8, 4) is 0 Å². The van der Waals surface area contributed by atoms with E-state index in [1.165, 1.54) is 12.1 Å². The fraction of sp³-hybridized carbons (Fsp3) is 0.417. The zero-order valence-electron chi connectivity index (χ0n) is 10.8. The number of nitrogens with one attached hydrogen (secondary N) is 3. The molecular weight excluding hydrogens is 248 g/mol. The molecule has 0 bridgehead atoms. The molecule has 0 radical (unpaired) electrons. The molecule has 0 aliphatic heterocycles. The van der Waals surface area contributed by atoms with Gasteiger partial charge in [-0.15, -0.1) is 0 Å². The molecule has 7 nitrogen and oxygen atoms in total. The Labute approximate surface area is 111 Å². The molecule has 0 unspecified atom stereocenters. The highest BCUT2D eigenvalue weighted by Crippen LogP contribution is 2.14. The van der Waals surface area contributed by atoms with Crippen molar-refractivity contribution in [3.05, 3.63) is 34.4 Å². The molecule has 0 saturated carbocycles. The fourth-order valence-electron chi connectivity index (χ4n) is 1.38. The average molecular weight is 266 g/mol. The molecule has 0 aliphatic carbocycles. The van der Waals surface area contributed by atoms with Crippen molar-refractivity contribution in [2.24, 2.45) is 0 Å². The second-order valence-corrected chi connectivity index (χ2v) is 3.91. The predicted octanol–water partition coefficient (Wildman–Crippen LogP) is 1.72. The number of hydrogen-bond acceptors (Lipinski definition) is 4. The van der Waals surface area contributed by atoms with E-state index in [2.05, 4.69) is 16.0 Å². The van der Waals surface area contributed by atoms with Crippen molar-refractivity contribution in [2.45, 2.75) is 13.3 Å². The number of nitro benzene ring substituents is 1. The number of benzene rings is 1. The third kappa shape index (κ3) is 5.71. The molecule has 1 aromatic rings. The van der Waals surface area contributed by atoms with Gasteiger partial charge in [-0.25, -0.2) is 4.79 Å². The van der Waals surface area contributed by atoms with Crippen molar-refractivity contribution >= 4 is 17.4 Å². The van der Waals surface area contributed by atoms with E-state index in [4.69, 9.17) is 0 Å². The van der Waals surface area contributed by atoms with Crippen LogP contribution >= 0.6 is 0 Å². The average Bonchev–Trinajstić information content (AvgIpc) is 2.41. The quantitative estimate of drug-likeness (QED) is 0.397. The molecular formula is C12H18N4O3. The van der Waals surface area contributed by atoms with Gasteiger partial charge in [0.05, 0.1) is 4.92 Å². The first-order valence-corrected chi connectivity index (χ1v) is 6.13. The first-order chi connectivity index (χ1) is 9.13. The summed E-state index contributed by atoms with van der Waals surface area (Å²) in [4.78, 5) is 21.2. The highest BCUT2D eigenvalue weighted by atomic mass is 16.6. The van der Waals surface area contributed by atoms with Gasteiger partial charge in [0.1, 0.15) is 0 Å². The van der Waals surface area contributed by atoms with Gasteiger partial charge < -0.3 is 16.0 Å². The maximum atomic E-state index is 11.2. The van der Waals surface area contributed by atoms with Crippen molar-refractivity contribution in [1.29, 1.82) is 0 Å². The summed E-state index contributed by atoms with van der Waals surface area (Å²) in [5.74, 6) is 0. The third-order valence-electron chi connectivity index (χ3n) is 2.35. The number of urea groups is 1. The van der Waals surface area contributed by atoms with Crippen LogP contribution in [-0.2, 0) is 0 Å². The monoisotopic (exact) mass is 266 g/mol. The maximum absolute atomic E-state index is 11.2. The largest absolute Gasteiger partial charge is 0.383 e. The van der Waals surface area contributed by atoms with Crippen LogP contribution in [0.1, 0.15) is 13.3 Å². The van der Waals surface area contributed by atoms with Crippen LogP contribution in [-0.4, -0.2) is 30.6 Å². The van der Waals surface area contributed by atoms with Crippen LogP contribution in [0, 0.1) is 10.1 Å². The second kappa shape index (κ2) is 7.91. The Morgan fingerprint density at radius 3 is 2.37 bits per heavy atom. The van der Waals surface area contributed by atoms with Crippen LogP contribution in [0.15, 0.2) is 24.3 Å². The standard InChI is InChI=1S/C12H18N4O3/c1-2-7-14-12(17)15-9-8-13-10-3-5-11(6-4-10)16(18)19/h3-6,13H,2,7-9H2,1H3,(H2,14,15,17). The van der Waals surface area contributed by atoms with Crippen molar-refractivity contribution in [1.82, 2.24) is 10.6 Å². The zero-order chi connectivity index (χ0) is 14.1. The van der Waals surface area contributed by atoms with Gasteiger partial charge in [0, 0.05) is 37.5 Å². The van der Waals surface area contributed by atoms with E-state index in [1.807, 2.05) is 6.92 Å². The van der Waals surface area contributed by atoms with Crippen molar-refractivity contribution in [2.75, 3.05) is 25.0 Å². The third-order valence-corrected chi connectivity index (χ3v) is 2.35. The molecule has 0 saturated heterocycles. The number of carbonyl (C=O) groups excluding carboxylic acids is 1. The molecule has 0 atom stereocenters. The van der Waals surface area contributed by atoms with Gasteiger partial charge >= 0.3 is 6.03 Å². The topological polar surface area (TPSA) is 96.3 Å². The summed E-state index contributed by atoms with van der Waals surface area (Å²) in [6.07, 6.45) is 0.897. The Bertz CT molecular complexity index is 419. The molecule has 0 aromatic heterocycles. The van der Waals surface area contributed by atoms with E-state index in [9.17, 15) is 14.9 Å². The second-order valence-electron chi connectivity index (χ2n) is 3.91. The molecule has 1 rings (SSSR count). The van der Waals surface area contributed by atoms with E-state index in [1.54, 1.807) is 12.1 Å². The van der Waals surface area contributed by atoms with Crippen molar-refractivity contribution in [3.63, 3.8) is 0 Å². The minimum atomic E-state index is -0.441. The summed E-state index contributed by atoms with van der Waals surface area (Å²) in [7, 11) is 0. The van der Waals surface area contributed by atoms with Gasteiger partial charge in [-0.3, -0.25) is 10.1 Å². The van der Waals surface area contributed by atoms with Crippen LogP contribution in [0.3, 0.4) is 0 Å². The number of hydrogen-bond donors (Lipinski definition) is 3. The highest BCUT2D eigenvalue weighted by Gasteiger charge is 2.03. The first-order valence-electron chi connectivity index (χ1n) is 6.13. The molecule has 0 fully saturated rings. The normalized spacial score (nSPS) is 9.74. The van der Waals surface area contributed by atoms with Crippen LogP contribution in [0.2, 0.25) is 0 Å². The first kappa shape index (κ1) is 14.7. The van der Waals surface area contributed by atoms with E-state index in [0.29, 0.717) is 19.6 Å². The van der Waals surface area contributed by atoms with Gasteiger partial charge in [0.15, 0.2) is 0 Å². The predicted molar refractivity (Wildman–Crippen MR) is 73.3 cm³/mol. The molecule has 7 heteroatoms. The smallest absolute Gasteiger partial charge is 0.314 e. The van der Waals surface area contributed by atoms with Gasteiger partial charge in [-0.1, -0.05) is 6.92 Å². The summed E-state index contributed by atoms with van der Waals surface area (Å²) >= 11 is 0. The van der Waals surface area contributed by atoms with Crippen LogP contribution < -0.4 is 16.0 Å². The number of nitrogens with zero attached hydrogens (tertiary/aromatic N) is 1. The minimum Gasteiger partial charge on any atom is -0.383 e. The lowest BCUT2D eigenvalue weighted by Crippen LogP contribution is -2.38. The minimum absolute atomic E-state index is 0.0580. The van der Waals surface area contributed by atoms with Gasteiger partial charge in [-0.2, -0.15) is 0 Å². The van der Waals surface area contributed by atoms with Crippen LogP contribution in [0.5, 0.6) is 0 Å². The summed E-state index contributed by atoms with van der Waals surface area (Å²) in [6, 6.07) is 5.95. The number of anilines is 1. The van der Waals surface area contributed by atoms with E-state index in [-0.39, 0.29) is 11.7 Å². The van der Waals surface area contributed by atoms with Gasteiger partial charge in [-0.05, 0) is 18.6 Å². The lowest BCUT2D eigenvalue weighted by molar-refractivity contribution is -0.384. The molecule has 104 valence electrons. The Kier molecular flexibility index (Phi) is 6.14. The van der Waals surface area contributed by atoms with E-state index in [0.717, 1.165) is 12.1 Å². The number of nitro groups is 1. The summed E-state index contributed by atoms with van der Waals surface area (Å²) in [5.41, 5.74) is 0.837. The Morgan fingerprint density at radius 2 is 1.79 bits per heavy atom. The molecule has 1 aromatic carbocycles. The van der Waals surface area contributed by atoms with Gasteiger partial charge in [0.2, 0.25) is 0 Å². The Morgan fingerprint density at radius 1 is 1.16 bits per heavy atom.